The first-order valence-corrected chi connectivity index (χ1v) is 9.37. The highest BCUT2D eigenvalue weighted by atomic mass is 35.5. The Labute approximate surface area is 175 Å². The van der Waals surface area contributed by atoms with Crippen LogP contribution in [0.1, 0.15) is 18.2 Å². The quantitative estimate of drug-likeness (QED) is 0.429. The third-order valence-electron chi connectivity index (χ3n) is 4.32. The summed E-state index contributed by atoms with van der Waals surface area (Å²) in [5, 5.41) is 10.7. The number of ether oxygens (including phenoxy) is 1. The third kappa shape index (κ3) is 4.27. The first kappa shape index (κ1) is 21.3. The number of rotatable bonds is 5. The van der Waals surface area contributed by atoms with Gasteiger partial charge in [0, 0.05) is 22.2 Å². The second kappa shape index (κ2) is 8.50. The van der Waals surface area contributed by atoms with Crippen molar-refractivity contribution in [3.05, 3.63) is 69.8 Å². The SMILES string of the molecule is CCOCn1c(-c2ccc(Cl)cc2)c(C#N)c(-c2ccc(Cl)cc2)c1C(F)(F)F. The van der Waals surface area contributed by atoms with Crippen molar-refractivity contribution in [3.63, 3.8) is 0 Å². The van der Waals surface area contributed by atoms with Gasteiger partial charge in [-0.1, -0.05) is 47.5 Å². The fourth-order valence-electron chi connectivity index (χ4n) is 3.14. The maximum atomic E-state index is 14.2. The van der Waals surface area contributed by atoms with Crippen LogP contribution in [0.3, 0.4) is 0 Å². The zero-order valence-electron chi connectivity index (χ0n) is 15.2. The molecule has 3 nitrogen and oxygen atoms in total. The minimum atomic E-state index is -4.72. The van der Waals surface area contributed by atoms with E-state index in [2.05, 4.69) is 0 Å². The van der Waals surface area contributed by atoms with Crippen LogP contribution in [0, 0.1) is 11.3 Å². The molecule has 0 radical (unpaired) electrons. The van der Waals surface area contributed by atoms with Crippen LogP contribution in [-0.2, 0) is 17.6 Å². The highest BCUT2D eigenvalue weighted by Gasteiger charge is 2.41. The van der Waals surface area contributed by atoms with Crippen LogP contribution in [0.15, 0.2) is 48.5 Å². The van der Waals surface area contributed by atoms with Crippen molar-refractivity contribution in [1.29, 1.82) is 5.26 Å². The summed E-state index contributed by atoms with van der Waals surface area (Å²) in [5.74, 6) is 0. The highest BCUT2D eigenvalue weighted by Crippen LogP contribution is 2.45. The lowest BCUT2D eigenvalue weighted by molar-refractivity contribution is -0.145. The Morgan fingerprint density at radius 2 is 1.48 bits per heavy atom. The fourth-order valence-corrected chi connectivity index (χ4v) is 3.39. The van der Waals surface area contributed by atoms with E-state index in [4.69, 9.17) is 27.9 Å². The molecule has 0 amide bonds. The molecule has 0 saturated carbocycles. The summed E-state index contributed by atoms with van der Waals surface area (Å²) in [6.07, 6.45) is -4.72. The van der Waals surface area contributed by atoms with E-state index >= 15 is 0 Å². The molecule has 0 aliphatic carbocycles. The van der Waals surface area contributed by atoms with Crippen LogP contribution >= 0.6 is 23.2 Å². The molecular weight excluding hydrogens is 424 g/mol. The van der Waals surface area contributed by atoms with Gasteiger partial charge in [0.1, 0.15) is 18.5 Å². The lowest BCUT2D eigenvalue weighted by Gasteiger charge is -2.16. The Hall–Kier alpha value is -2.46. The highest BCUT2D eigenvalue weighted by molar-refractivity contribution is 6.31. The van der Waals surface area contributed by atoms with Gasteiger partial charge in [-0.3, -0.25) is 0 Å². The minimum absolute atomic E-state index is 0.0957. The van der Waals surface area contributed by atoms with Gasteiger partial charge in [0.2, 0.25) is 0 Å². The van der Waals surface area contributed by atoms with E-state index in [1.165, 1.54) is 24.3 Å². The van der Waals surface area contributed by atoms with Gasteiger partial charge < -0.3 is 9.30 Å². The van der Waals surface area contributed by atoms with Gasteiger partial charge in [-0.15, -0.1) is 0 Å². The maximum absolute atomic E-state index is 14.2. The van der Waals surface area contributed by atoms with Crippen LogP contribution in [0.5, 0.6) is 0 Å². The molecule has 0 aliphatic rings. The minimum Gasteiger partial charge on any atom is -0.361 e. The van der Waals surface area contributed by atoms with E-state index in [1.54, 1.807) is 31.2 Å². The van der Waals surface area contributed by atoms with Gasteiger partial charge in [0.25, 0.3) is 0 Å². The van der Waals surface area contributed by atoms with E-state index < -0.39 is 11.9 Å². The number of hydrogen-bond acceptors (Lipinski definition) is 2. The van der Waals surface area contributed by atoms with E-state index in [1.807, 2.05) is 6.07 Å². The molecule has 0 spiro atoms. The molecule has 1 heterocycles. The van der Waals surface area contributed by atoms with E-state index in [0.29, 0.717) is 15.6 Å². The summed E-state index contributed by atoms with van der Waals surface area (Å²) in [4.78, 5) is 0. The summed E-state index contributed by atoms with van der Waals surface area (Å²) in [6, 6.07) is 14.1. The molecule has 29 heavy (non-hydrogen) atoms. The van der Waals surface area contributed by atoms with Crippen LogP contribution in [0.2, 0.25) is 10.0 Å². The lowest BCUT2D eigenvalue weighted by atomic mass is 9.98. The molecule has 2 aromatic carbocycles. The summed E-state index contributed by atoms with van der Waals surface area (Å²) < 4.78 is 48.8. The Morgan fingerprint density at radius 1 is 0.966 bits per heavy atom. The largest absolute Gasteiger partial charge is 0.432 e. The summed E-state index contributed by atoms with van der Waals surface area (Å²) in [7, 11) is 0. The second-order valence-electron chi connectivity index (χ2n) is 6.12. The van der Waals surface area contributed by atoms with Crippen molar-refractivity contribution in [2.75, 3.05) is 6.61 Å². The maximum Gasteiger partial charge on any atom is 0.432 e. The first-order chi connectivity index (χ1) is 13.8. The van der Waals surface area contributed by atoms with Gasteiger partial charge >= 0.3 is 6.18 Å². The zero-order chi connectivity index (χ0) is 21.2. The van der Waals surface area contributed by atoms with Crippen LogP contribution in [0.25, 0.3) is 22.4 Å². The molecule has 0 aliphatic heterocycles. The predicted molar refractivity (Wildman–Crippen MR) is 107 cm³/mol. The lowest BCUT2D eigenvalue weighted by Crippen LogP contribution is -2.17. The molecule has 0 saturated heterocycles. The third-order valence-corrected chi connectivity index (χ3v) is 4.82. The number of aromatic nitrogens is 1. The summed E-state index contributed by atoms with van der Waals surface area (Å²) in [6.45, 7) is 1.54. The molecule has 0 N–H and O–H groups in total. The molecule has 0 unspecified atom stereocenters. The van der Waals surface area contributed by atoms with E-state index in [0.717, 1.165) is 4.57 Å². The van der Waals surface area contributed by atoms with Crippen molar-refractivity contribution in [1.82, 2.24) is 4.57 Å². The van der Waals surface area contributed by atoms with Crippen LogP contribution in [0.4, 0.5) is 13.2 Å². The molecular formula is C21H15Cl2F3N2O. The van der Waals surface area contributed by atoms with Crippen molar-refractivity contribution < 1.29 is 17.9 Å². The Morgan fingerprint density at radius 3 is 1.93 bits per heavy atom. The van der Waals surface area contributed by atoms with Crippen molar-refractivity contribution >= 4 is 23.2 Å². The number of halogens is 5. The molecule has 150 valence electrons. The van der Waals surface area contributed by atoms with Gasteiger partial charge in [0.15, 0.2) is 0 Å². The Bertz CT molecular complexity index is 1050. The summed E-state index contributed by atoms with van der Waals surface area (Å²) in [5.41, 5.74) is -0.465. The number of hydrogen-bond donors (Lipinski definition) is 0. The number of benzene rings is 2. The fraction of sp³-hybridized carbons (Fsp3) is 0.190. The van der Waals surface area contributed by atoms with Crippen molar-refractivity contribution in [2.45, 2.75) is 19.8 Å². The van der Waals surface area contributed by atoms with Crippen molar-refractivity contribution in [3.8, 4) is 28.5 Å². The van der Waals surface area contributed by atoms with Crippen molar-refractivity contribution in [2.24, 2.45) is 0 Å². The van der Waals surface area contributed by atoms with Gasteiger partial charge in [-0.25, -0.2) is 0 Å². The topological polar surface area (TPSA) is 38.0 Å². The number of nitrogens with zero attached hydrogens (tertiary/aromatic N) is 2. The first-order valence-electron chi connectivity index (χ1n) is 8.61. The molecule has 1 aromatic heterocycles. The Balaban J connectivity index is 2.42. The van der Waals surface area contributed by atoms with Gasteiger partial charge in [0.05, 0.1) is 11.3 Å². The van der Waals surface area contributed by atoms with E-state index in [-0.39, 0.29) is 35.7 Å². The van der Waals surface area contributed by atoms with Crippen LogP contribution in [-0.4, -0.2) is 11.2 Å². The monoisotopic (exact) mass is 438 g/mol. The average molecular weight is 439 g/mol. The molecule has 0 bridgehead atoms. The zero-order valence-corrected chi connectivity index (χ0v) is 16.7. The predicted octanol–water partition coefficient (Wildman–Crippen LogP) is 7.01. The second-order valence-corrected chi connectivity index (χ2v) is 6.99. The number of nitriles is 1. The van der Waals surface area contributed by atoms with Gasteiger partial charge in [-0.2, -0.15) is 18.4 Å². The average Bonchev–Trinajstić information content (AvgIpc) is 3.02. The Kier molecular flexibility index (Phi) is 6.23. The standard InChI is InChI=1S/C21H15Cl2F3N2O/c1-2-29-12-28-19(14-5-9-16(23)10-6-14)17(11-27)18(20(28)21(24,25)26)13-3-7-15(22)8-4-13/h3-10H,2,12H2,1H3. The molecule has 0 atom stereocenters. The molecule has 3 rings (SSSR count). The van der Waals surface area contributed by atoms with Gasteiger partial charge in [-0.05, 0) is 42.3 Å². The molecule has 3 aromatic rings. The summed E-state index contributed by atoms with van der Waals surface area (Å²) >= 11 is 11.8. The normalized spacial score (nSPS) is 11.5. The smallest absolute Gasteiger partial charge is 0.361 e. The number of alkyl halides is 3. The van der Waals surface area contributed by atoms with Crippen LogP contribution < -0.4 is 0 Å². The van der Waals surface area contributed by atoms with E-state index in [9.17, 15) is 18.4 Å². The molecule has 0 fully saturated rings. The molecule has 8 heteroatoms.